The predicted molar refractivity (Wildman–Crippen MR) is 130 cm³/mol. The van der Waals surface area contributed by atoms with Crippen LogP contribution in [0.5, 0.6) is 5.88 Å². The van der Waals surface area contributed by atoms with Crippen molar-refractivity contribution in [3.63, 3.8) is 0 Å². The second kappa shape index (κ2) is 8.42. The highest BCUT2D eigenvalue weighted by molar-refractivity contribution is 7.15. The summed E-state index contributed by atoms with van der Waals surface area (Å²) in [6.45, 7) is 4.54. The quantitative estimate of drug-likeness (QED) is 0.426. The van der Waals surface area contributed by atoms with Crippen LogP contribution in [0.25, 0.3) is 15.4 Å². The lowest BCUT2D eigenvalue weighted by molar-refractivity contribution is 0.0700. The Morgan fingerprint density at radius 2 is 2.14 bits per heavy atom. The summed E-state index contributed by atoms with van der Waals surface area (Å²) < 4.78 is 21.1. The molecule has 0 spiro atoms. The molecule has 0 bridgehead atoms. The molecule has 2 amide bonds. The van der Waals surface area contributed by atoms with E-state index in [-0.39, 0.29) is 24.3 Å². The lowest BCUT2D eigenvalue weighted by Crippen LogP contribution is -2.46. The molecule has 4 heterocycles. The molecule has 0 unspecified atom stereocenters. The molecule has 6 rings (SSSR count). The molecule has 1 aliphatic heterocycles. The third-order valence-corrected chi connectivity index (χ3v) is 8.39. The fourth-order valence-electron chi connectivity index (χ4n) is 4.91. The summed E-state index contributed by atoms with van der Waals surface area (Å²) in [6.07, 6.45) is 2.26. The first-order valence-corrected chi connectivity index (χ1v) is 13.0. The van der Waals surface area contributed by atoms with Crippen LogP contribution in [0, 0.1) is 31.5 Å². The number of amides is 2. The summed E-state index contributed by atoms with van der Waals surface area (Å²) in [7, 11) is 0. The van der Waals surface area contributed by atoms with Crippen molar-refractivity contribution >= 4 is 39.6 Å². The molecule has 1 saturated carbocycles. The van der Waals surface area contributed by atoms with Crippen LogP contribution < -0.4 is 10.1 Å². The number of carbonyl (C=O) groups excluding carboxylic acids is 2. The Kier molecular flexibility index (Phi) is 5.33. The first-order chi connectivity index (χ1) is 16.9. The monoisotopic (exact) mass is 511 g/mol. The number of likely N-dealkylation sites (tertiary alicyclic amines) is 1. The normalized spacial score (nSPS) is 20.8. The van der Waals surface area contributed by atoms with Gasteiger partial charge in [-0.1, -0.05) is 12.1 Å². The topological polar surface area (TPSA) is 88.8 Å². The smallest absolute Gasteiger partial charge is 0.391 e. The molecular weight excluding hydrogens is 489 g/mol. The zero-order chi connectivity index (χ0) is 24.3. The van der Waals surface area contributed by atoms with Crippen molar-refractivity contribution in [2.45, 2.75) is 26.3 Å². The molecule has 2 fully saturated rings. The first-order valence-electron chi connectivity index (χ1n) is 11.3. The average Bonchev–Trinajstić information content (AvgIpc) is 3.15. The second-order valence-corrected chi connectivity index (χ2v) is 11.0. The number of ether oxygens (including phenoxy) is 1. The van der Waals surface area contributed by atoms with Crippen molar-refractivity contribution in [3.05, 3.63) is 58.1 Å². The molecule has 4 aromatic rings. The van der Waals surface area contributed by atoms with Crippen LogP contribution in [-0.2, 0) is 0 Å². The molecule has 180 valence electrons. The van der Waals surface area contributed by atoms with Gasteiger partial charge in [0.05, 0.1) is 15.9 Å². The Morgan fingerprint density at radius 1 is 1.29 bits per heavy atom. The summed E-state index contributed by atoms with van der Waals surface area (Å²) in [5.41, 5.74) is 1.61. The maximum atomic E-state index is 13.8. The minimum absolute atomic E-state index is 0.143. The zero-order valence-corrected chi connectivity index (χ0v) is 20.7. The van der Waals surface area contributed by atoms with Crippen LogP contribution in [0.4, 0.5) is 9.18 Å². The minimum atomic E-state index is -0.581. The van der Waals surface area contributed by atoms with Gasteiger partial charge in [0.25, 0.3) is 5.91 Å². The number of piperidine rings is 1. The average molecular weight is 512 g/mol. The van der Waals surface area contributed by atoms with Gasteiger partial charge in [-0.25, -0.2) is 19.2 Å². The van der Waals surface area contributed by atoms with E-state index in [2.05, 4.69) is 15.3 Å². The third-order valence-electron chi connectivity index (χ3n) is 6.61. The number of benzene rings is 1. The van der Waals surface area contributed by atoms with Gasteiger partial charge in [-0.05, 0) is 49.8 Å². The Balaban J connectivity index is 1.18. The van der Waals surface area contributed by atoms with Crippen molar-refractivity contribution in [3.8, 4) is 16.3 Å². The van der Waals surface area contributed by atoms with E-state index >= 15 is 0 Å². The van der Waals surface area contributed by atoms with Gasteiger partial charge in [-0.2, -0.15) is 0 Å². The number of aryl methyl sites for hydroxylation is 2. The number of carbonyl (C=O) groups is 2. The van der Waals surface area contributed by atoms with Gasteiger partial charge in [0.15, 0.2) is 4.96 Å². The lowest BCUT2D eigenvalue weighted by atomic mass is 10.1. The molecule has 1 N–H and O–H groups in total. The Labute approximate surface area is 208 Å². The van der Waals surface area contributed by atoms with E-state index in [4.69, 9.17) is 4.74 Å². The highest BCUT2D eigenvalue weighted by Gasteiger charge is 2.54. The van der Waals surface area contributed by atoms with Gasteiger partial charge >= 0.3 is 6.09 Å². The standard InChI is InChI=1S/C24H22FN5O3S2/c1-12-22(29-6-7-34-23(29)27-12)33-24(32)26-10-18-17-9-15(17)11-30(18)21(31)19-20(35-13(2)28-19)14-4-3-5-16(25)8-14/h3-8,15,17-18H,9-11H2,1-2H3,(H,26,32)/t15-,17-,18+/m0/s1. The van der Waals surface area contributed by atoms with E-state index in [0.29, 0.717) is 46.1 Å². The summed E-state index contributed by atoms with van der Waals surface area (Å²) in [5, 5.41) is 5.46. The molecule has 1 aromatic carbocycles. The molecule has 1 saturated heterocycles. The minimum Gasteiger partial charge on any atom is -0.391 e. The number of fused-ring (bicyclic) bond motifs is 2. The number of aromatic nitrogens is 3. The van der Waals surface area contributed by atoms with Gasteiger partial charge in [0, 0.05) is 24.7 Å². The summed E-state index contributed by atoms with van der Waals surface area (Å²) in [6, 6.07) is 6.07. The van der Waals surface area contributed by atoms with Crippen LogP contribution in [-0.4, -0.2) is 50.4 Å². The van der Waals surface area contributed by atoms with E-state index in [1.807, 2.05) is 12.3 Å². The number of imidazole rings is 1. The van der Waals surface area contributed by atoms with Crippen molar-refractivity contribution in [2.24, 2.45) is 11.8 Å². The molecule has 3 atom stereocenters. The molecule has 35 heavy (non-hydrogen) atoms. The van der Waals surface area contributed by atoms with E-state index in [0.717, 1.165) is 16.4 Å². The number of hydrogen-bond acceptors (Lipinski definition) is 7. The van der Waals surface area contributed by atoms with Gasteiger partial charge < -0.3 is 15.0 Å². The Morgan fingerprint density at radius 3 is 2.97 bits per heavy atom. The van der Waals surface area contributed by atoms with Gasteiger partial charge in [0.1, 0.15) is 17.2 Å². The van der Waals surface area contributed by atoms with Crippen molar-refractivity contribution < 1.29 is 18.7 Å². The summed E-state index contributed by atoms with van der Waals surface area (Å²) >= 11 is 2.84. The van der Waals surface area contributed by atoms with Crippen LogP contribution in [0.3, 0.4) is 0 Å². The lowest BCUT2D eigenvalue weighted by Gasteiger charge is -2.27. The van der Waals surface area contributed by atoms with Crippen LogP contribution >= 0.6 is 22.7 Å². The number of halogens is 1. The molecule has 11 heteroatoms. The van der Waals surface area contributed by atoms with Crippen molar-refractivity contribution in [1.82, 2.24) is 24.6 Å². The zero-order valence-electron chi connectivity index (χ0n) is 19.0. The molecule has 3 aromatic heterocycles. The summed E-state index contributed by atoms with van der Waals surface area (Å²) in [5.74, 6) is 0.620. The Hall–Kier alpha value is -3.31. The first kappa shape index (κ1) is 22.2. The van der Waals surface area contributed by atoms with Gasteiger partial charge in [0.2, 0.25) is 5.88 Å². The third kappa shape index (κ3) is 3.98. The highest BCUT2D eigenvalue weighted by Crippen LogP contribution is 2.50. The maximum Gasteiger partial charge on any atom is 0.414 e. The predicted octanol–water partition coefficient (Wildman–Crippen LogP) is 4.52. The largest absolute Gasteiger partial charge is 0.414 e. The fraction of sp³-hybridized carbons (Fsp3) is 0.333. The van der Waals surface area contributed by atoms with E-state index in [1.54, 1.807) is 34.6 Å². The van der Waals surface area contributed by atoms with E-state index < -0.39 is 6.09 Å². The maximum absolute atomic E-state index is 13.8. The number of hydrogen-bond donors (Lipinski definition) is 1. The molecule has 8 nitrogen and oxygen atoms in total. The fourth-order valence-corrected chi connectivity index (χ4v) is 6.57. The summed E-state index contributed by atoms with van der Waals surface area (Å²) in [4.78, 5) is 38.3. The van der Waals surface area contributed by atoms with Crippen LogP contribution in [0.1, 0.15) is 27.6 Å². The number of thiazole rings is 2. The Bertz CT molecular complexity index is 1460. The molecule has 0 radical (unpaired) electrons. The van der Waals surface area contributed by atoms with Crippen LogP contribution in [0.2, 0.25) is 0 Å². The van der Waals surface area contributed by atoms with Gasteiger partial charge in [-0.15, -0.1) is 22.7 Å². The van der Waals surface area contributed by atoms with Crippen molar-refractivity contribution in [1.29, 1.82) is 0 Å². The molecule has 2 aliphatic rings. The van der Waals surface area contributed by atoms with Crippen molar-refractivity contribution in [2.75, 3.05) is 13.1 Å². The van der Waals surface area contributed by atoms with E-state index in [1.165, 1.54) is 34.8 Å². The van der Waals surface area contributed by atoms with Crippen LogP contribution in [0.15, 0.2) is 35.8 Å². The SMILES string of the molecule is Cc1nc(C(=O)N2C[C@@H]3C[C@@H]3[C@H]2CNC(=O)Oc2c(C)nc3sccn23)c(-c2cccc(F)c2)s1. The second-order valence-electron chi connectivity index (χ2n) is 8.93. The number of nitrogens with zero attached hydrogens (tertiary/aromatic N) is 4. The molecule has 1 aliphatic carbocycles. The number of rotatable bonds is 5. The van der Waals surface area contributed by atoms with Gasteiger partial charge in [-0.3, -0.25) is 9.20 Å². The molecular formula is C24H22FN5O3S2. The van der Waals surface area contributed by atoms with E-state index in [9.17, 15) is 14.0 Å². The highest BCUT2D eigenvalue weighted by atomic mass is 32.1. The number of nitrogens with one attached hydrogen (secondary N) is 1.